The van der Waals surface area contributed by atoms with E-state index in [1.165, 1.54) is 25.9 Å². The molecular formula is C49H51FN4O8. The Morgan fingerprint density at radius 2 is 1.37 bits per heavy atom. The molecule has 13 heteroatoms. The van der Waals surface area contributed by atoms with E-state index in [1.807, 2.05) is 30.3 Å². The summed E-state index contributed by atoms with van der Waals surface area (Å²) in [6.45, 7) is 4.76. The molecule has 0 bridgehead atoms. The molecule has 12 nitrogen and oxygen atoms in total. The Bertz CT molecular complexity index is 2400. The van der Waals surface area contributed by atoms with E-state index in [-0.39, 0.29) is 44.5 Å². The number of nitrogens with one attached hydrogen (secondary N) is 2. The lowest BCUT2D eigenvalue weighted by Gasteiger charge is -2.32. The molecule has 4 amide bonds. The number of anilines is 3. The minimum Gasteiger partial charge on any atom is -0.497 e. The molecule has 1 saturated heterocycles. The van der Waals surface area contributed by atoms with E-state index in [9.17, 15) is 19.5 Å². The molecule has 2 heterocycles. The van der Waals surface area contributed by atoms with Crippen molar-refractivity contribution in [2.75, 3.05) is 42.9 Å². The largest absolute Gasteiger partial charge is 0.497 e. The fraction of sp³-hybridized carbons (Fsp3) is 0.306. The van der Waals surface area contributed by atoms with Gasteiger partial charge in [-0.25, -0.2) is 4.39 Å². The fourth-order valence-corrected chi connectivity index (χ4v) is 8.77. The number of alkyl halides is 1. The lowest BCUT2D eigenvalue weighted by atomic mass is 9.71. The third kappa shape index (κ3) is 8.90. The van der Waals surface area contributed by atoms with Crippen LogP contribution in [-0.2, 0) is 33.0 Å². The van der Waals surface area contributed by atoms with Crippen LogP contribution in [0.5, 0.6) is 11.5 Å². The molecular weight excluding hydrogens is 792 g/mol. The molecule has 2 aliphatic rings. The van der Waals surface area contributed by atoms with Gasteiger partial charge in [0.25, 0.3) is 17.7 Å². The van der Waals surface area contributed by atoms with Crippen molar-refractivity contribution >= 4 is 40.7 Å². The highest BCUT2D eigenvalue weighted by molar-refractivity contribution is 6.09. The average molecular weight is 843 g/mol. The Hall–Kier alpha value is -6.57. The Morgan fingerprint density at radius 3 is 1.92 bits per heavy atom. The summed E-state index contributed by atoms with van der Waals surface area (Å²) in [4.78, 5) is 58.8. The second-order valence-electron chi connectivity index (χ2n) is 16.2. The fourth-order valence-electron chi connectivity index (χ4n) is 8.77. The maximum absolute atomic E-state index is 16.6. The van der Waals surface area contributed by atoms with Crippen molar-refractivity contribution in [1.82, 2.24) is 4.90 Å². The second-order valence-corrected chi connectivity index (χ2v) is 16.2. The molecule has 1 spiro atoms. The first-order valence-corrected chi connectivity index (χ1v) is 20.5. The van der Waals surface area contributed by atoms with Crippen LogP contribution in [0.15, 0.2) is 121 Å². The van der Waals surface area contributed by atoms with Crippen LogP contribution in [0.4, 0.5) is 21.5 Å². The maximum atomic E-state index is 16.6. The summed E-state index contributed by atoms with van der Waals surface area (Å²) in [5.41, 5.74) is 0.692. The Kier molecular flexibility index (Phi) is 12.8. The van der Waals surface area contributed by atoms with Crippen molar-refractivity contribution in [2.24, 2.45) is 11.8 Å². The van der Waals surface area contributed by atoms with E-state index in [4.69, 9.17) is 14.2 Å². The smallest absolute Gasteiger partial charge is 0.264 e. The molecule has 1 fully saturated rings. The zero-order chi connectivity index (χ0) is 44.2. The van der Waals surface area contributed by atoms with Crippen molar-refractivity contribution in [1.29, 1.82) is 0 Å². The molecule has 2 aliphatic heterocycles. The van der Waals surface area contributed by atoms with Crippen LogP contribution in [0.25, 0.3) is 0 Å². The monoisotopic (exact) mass is 842 g/mol. The Labute approximate surface area is 360 Å². The van der Waals surface area contributed by atoms with Crippen molar-refractivity contribution in [3.63, 3.8) is 0 Å². The zero-order valence-electron chi connectivity index (χ0n) is 35.4. The van der Waals surface area contributed by atoms with E-state index >= 15 is 9.18 Å². The van der Waals surface area contributed by atoms with Crippen LogP contribution in [0.1, 0.15) is 64.6 Å². The van der Waals surface area contributed by atoms with Crippen molar-refractivity contribution < 1.29 is 42.9 Å². The number of hydrogen-bond acceptors (Lipinski definition) is 8. The van der Waals surface area contributed by atoms with Crippen LogP contribution >= 0.6 is 0 Å². The first-order valence-electron chi connectivity index (χ1n) is 20.5. The quantitative estimate of drug-likeness (QED) is 0.0970. The van der Waals surface area contributed by atoms with Gasteiger partial charge in [-0.15, -0.1) is 0 Å². The number of rotatable bonds is 15. The van der Waals surface area contributed by atoms with Gasteiger partial charge in [-0.3, -0.25) is 19.2 Å². The number of ether oxygens (including phenoxy) is 3. The van der Waals surface area contributed by atoms with E-state index in [2.05, 4.69) is 10.6 Å². The van der Waals surface area contributed by atoms with Gasteiger partial charge in [0.05, 0.1) is 45.6 Å². The lowest BCUT2D eigenvalue weighted by molar-refractivity contribution is -0.150. The first kappa shape index (κ1) is 43.5. The standard InChI is InChI=1S/C49H51FN4O8/c1-31-44(48(2,3)50)42(28-43(56)53(25-26-55)29-32-9-7-6-8-10-32)62-49(31)40-27-37(52-46(58)35-15-22-39(61-5)23-16-35)19-24-41(40)54(47(49)59)30-33-11-17-36(18-12-33)51-45(57)34-13-20-38(60-4)21-14-34/h6-24,27,31,42,44,55H,25-26,28-30H2,1-5H3,(H,51,57)(H,52,58)/t31-,42+,44-,49+/m0/s1. The van der Waals surface area contributed by atoms with Gasteiger partial charge in [-0.2, -0.15) is 0 Å². The van der Waals surface area contributed by atoms with Gasteiger partial charge in [-0.05, 0) is 104 Å². The predicted molar refractivity (Wildman–Crippen MR) is 234 cm³/mol. The first-order chi connectivity index (χ1) is 29.7. The highest BCUT2D eigenvalue weighted by Crippen LogP contribution is 2.59. The number of methoxy groups -OCH3 is 2. The molecule has 62 heavy (non-hydrogen) atoms. The van der Waals surface area contributed by atoms with Gasteiger partial charge >= 0.3 is 0 Å². The summed E-state index contributed by atoms with van der Waals surface area (Å²) in [7, 11) is 3.09. The van der Waals surface area contributed by atoms with Gasteiger partial charge in [0.2, 0.25) is 5.91 Å². The third-order valence-electron chi connectivity index (χ3n) is 11.8. The summed E-state index contributed by atoms with van der Waals surface area (Å²) in [5.74, 6) is -1.94. The summed E-state index contributed by atoms with van der Waals surface area (Å²) < 4.78 is 33.9. The van der Waals surface area contributed by atoms with Gasteiger partial charge in [-0.1, -0.05) is 49.4 Å². The third-order valence-corrected chi connectivity index (χ3v) is 11.8. The highest BCUT2D eigenvalue weighted by atomic mass is 19.1. The topological polar surface area (TPSA) is 147 Å². The molecule has 5 aromatic rings. The molecule has 7 rings (SSSR count). The number of carbonyl (C=O) groups excluding carboxylic acids is 4. The number of aliphatic hydroxyl groups excluding tert-OH is 1. The van der Waals surface area contributed by atoms with Crippen LogP contribution < -0.4 is 25.0 Å². The van der Waals surface area contributed by atoms with E-state index in [0.29, 0.717) is 45.3 Å². The van der Waals surface area contributed by atoms with Crippen LogP contribution in [0, 0.1) is 11.8 Å². The van der Waals surface area contributed by atoms with Crippen LogP contribution in [0.2, 0.25) is 0 Å². The van der Waals surface area contributed by atoms with Crippen LogP contribution in [-0.4, -0.2) is 72.8 Å². The number of carbonyl (C=O) groups is 4. The van der Waals surface area contributed by atoms with Crippen molar-refractivity contribution in [3.8, 4) is 11.5 Å². The molecule has 0 saturated carbocycles. The predicted octanol–water partition coefficient (Wildman–Crippen LogP) is 7.76. The Morgan fingerprint density at radius 1 is 0.806 bits per heavy atom. The van der Waals surface area contributed by atoms with E-state index in [0.717, 1.165) is 11.1 Å². The molecule has 4 atom stereocenters. The molecule has 0 unspecified atom stereocenters. The summed E-state index contributed by atoms with van der Waals surface area (Å²) in [6, 6.07) is 35.0. The highest BCUT2D eigenvalue weighted by Gasteiger charge is 2.66. The summed E-state index contributed by atoms with van der Waals surface area (Å²) >= 11 is 0. The lowest BCUT2D eigenvalue weighted by Crippen LogP contribution is -2.45. The second kappa shape index (κ2) is 18.2. The molecule has 322 valence electrons. The molecule has 5 aromatic carbocycles. The number of hydrogen-bond donors (Lipinski definition) is 3. The number of aliphatic hydroxyl groups is 1. The van der Waals surface area contributed by atoms with Gasteiger partial charge in [0.15, 0.2) is 5.60 Å². The van der Waals surface area contributed by atoms with Crippen LogP contribution in [0.3, 0.4) is 0 Å². The molecule has 0 aliphatic carbocycles. The molecule has 0 radical (unpaired) electrons. The van der Waals surface area contributed by atoms with Crippen molar-refractivity contribution in [2.45, 2.75) is 57.7 Å². The number of halogens is 1. The average Bonchev–Trinajstić information content (AvgIpc) is 3.69. The van der Waals surface area contributed by atoms with Gasteiger partial charge in [0.1, 0.15) is 17.2 Å². The normalized spacial score (nSPS) is 19.2. The summed E-state index contributed by atoms with van der Waals surface area (Å²) in [6.07, 6.45) is -1.27. The van der Waals surface area contributed by atoms with E-state index < -0.39 is 41.0 Å². The minimum absolute atomic E-state index is 0.0571. The van der Waals surface area contributed by atoms with Gasteiger partial charge < -0.3 is 39.8 Å². The number of fused-ring (bicyclic) bond motifs is 2. The number of nitrogens with zero attached hydrogens (tertiary/aromatic N) is 2. The number of benzene rings is 5. The van der Waals surface area contributed by atoms with E-state index in [1.54, 1.807) is 110 Å². The van der Waals surface area contributed by atoms with Gasteiger partial charge in [0, 0.05) is 53.0 Å². The van der Waals surface area contributed by atoms with Crippen molar-refractivity contribution in [3.05, 3.63) is 149 Å². The Balaban J connectivity index is 1.21. The summed E-state index contributed by atoms with van der Waals surface area (Å²) in [5, 5.41) is 15.7. The minimum atomic E-state index is -1.89. The maximum Gasteiger partial charge on any atom is 0.264 e. The number of amides is 4. The SMILES string of the molecule is COc1ccc(C(=O)Nc2ccc(CN3C(=O)[C@]4(O[C@H](CC(=O)N(CCO)Cc5ccccc5)[C@@H](C(C)(C)F)[C@@H]4C)c4cc(NC(=O)c5ccc(OC)cc5)ccc43)cc2)cc1. The molecule has 0 aromatic heterocycles. The zero-order valence-corrected chi connectivity index (χ0v) is 35.4. The molecule has 3 N–H and O–H groups in total.